The number of carbonyl (C=O) groups is 1. The van der Waals surface area contributed by atoms with Crippen molar-refractivity contribution in [3.8, 4) is 0 Å². The Morgan fingerprint density at radius 2 is 2.18 bits per heavy atom. The van der Waals surface area contributed by atoms with Crippen LogP contribution in [0.2, 0.25) is 0 Å². The summed E-state index contributed by atoms with van der Waals surface area (Å²) in [4.78, 5) is 15.4. The number of amides is 1. The molecule has 1 amide bonds. The van der Waals surface area contributed by atoms with Gasteiger partial charge in [0.25, 0.3) is 0 Å². The van der Waals surface area contributed by atoms with E-state index in [1.54, 1.807) is 4.90 Å². The smallest absolute Gasteiger partial charge is 0.227 e. The summed E-state index contributed by atoms with van der Waals surface area (Å²) in [5.41, 5.74) is 3.54. The summed E-state index contributed by atoms with van der Waals surface area (Å²) in [6.45, 7) is 0.842. The topological polar surface area (TPSA) is 23.6 Å². The Balaban J connectivity index is 2.23. The highest BCUT2D eigenvalue weighted by Crippen LogP contribution is 2.27. The summed E-state index contributed by atoms with van der Waals surface area (Å²) in [7, 11) is 3.83. The highest BCUT2D eigenvalue weighted by molar-refractivity contribution is 6.17. The van der Waals surface area contributed by atoms with Gasteiger partial charge in [-0.2, -0.15) is 0 Å². The van der Waals surface area contributed by atoms with Crippen LogP contribution in [0.15, 0.2) is 18.2 Å². The van der Waals surface area contributed by atoms with Crippen LogP contribution in [0.1, 0.15) is 17.5 Å². The zero-order chi connectivity index (χ0) is 12.4. The fourth-order valence-electron chi connectivity index (χ4n) is 2.16. The lowest BCUT2D eigenvalue weighted by Crippen LogP contribution is -2.31. The zero-order valence-electron chi connectivity index (χ0n) is 10.2. The van der Waals surface area contributed by atoms with Crippen LogP contribution in [0.4, 0.5) is 5.69 Å². The van der Waals surface area contributed by atoms with Crippen molar-refractivity contribution in [2.75, 3.05) is 25.0 Å². The summed E-state index contributed by atoms with van der Waals surface area (Å²) in [6, 6.07) is 6.80. The van der Waals surface area contributed by atoms with Crippen LogP contribution in [-0.4, -0.2) is 30.9 Å². The molecule has 0 saturated carbocycles. The summed E-state index contributed by atoms with van der Waals surface area (Å²) >= 11 is 5.76. The normalized spacial score (nSPS) is 15.3. The minimum Gasteiger partial charge on any atom is -0.315 e. The van der Waals surface area contributed by atoms with E-state index < -0.39 is 0 Å². The molecule has 3 nitrogen and oxygen atoms in total. The van der Waals surface area contributed by atoms with E-state index in [9.17, 15) is 4.79 Å². The first kappa shape index (κ1) is 12.4. The van der Waals surface area contributed by atoms with Crippen LogP contribution in [0.25, 0.3) is 0 Å². The summed E-state index contributed by atoms with van der Waals surface area (Å²) in [5.74, 6) is 0.197. The lowest BCUT2D eigenvalue weighted by atomic mass is 9.99. The number of benzene rings is 1. The van der Waals surface area contributed by atoms with Crippen LogP contribution < -0.4 is 4.90 Å². The molecule has 0 radical (unpaired) electrons. The molecular formula is C13H17ClN2O. The number of nitrogens with zero attached hydrogens (tertiary/aromatic N) is 2. The highest BCUT2D eigenvalue weighted by atomic mass is 35.5. The number of carbonyl (C=O) groups excluding carboxylic acids is 1. The number of fused-ring (bicyclic) bond motifs is 1. The van der Waals surface area contributed by atoms with Crippen molar-refractivity contribution in [1.82, 2.24) is 4.90 Å². The second-order valence-electron chi connectivity index (χ2n) is 4.55. The van der Waals surface area contributed by atoms with Crippen molar-refractivity contribution in [2.45, 2.75) is 19.4 Å². The van der Waals surface area contributed by atoms with Gasteiger partial charge in [-0.3, -0.25) is 9.69 Å². The number of hydrogen-bond donors (Lipinski definition) is 0. The summed E-state index contributed by atoms with van der Waals surface area (Å²) in [6.07, 6.45) is 1.45. The van der Waals surface area contributed by atoms with E-state index in [1.807, 2.05) is 25.1 Å². The lowest BCUT2D eigenvalue weighted by molar-refractivity contribution is -0.118. The Kier molecular flexibility index (Phi) is 3.69. The molecular weight excluding hydrogens is 236 g/mol. The number of anilines is 1. The molecule has 0 N–H and O–H groups in total. The number of alkyl halides is 1. The number of halogens is 1. The lowest BCUT2D eigenvalue weighted by Gasteiger charge is -2.26. The Hall–Kier alpha value is -1.06. The monoisotopic (exact) mass is 252 g/mol. The molecule has 17 heavy (non-hydrogen) atoms. The van der Waals surface area contributed by atoms with Gasteiger partial charge in [-0.05, 0) is 30.7 Å². The van der Waals surface area contributed by atoms with Gasteiger partial charge < -0.3 is 4.90 Å². The van der Waals surface area contributed by atoms with Crippen LogP contribution in [0, 0.1) is 0 Å². The molecule has 4 heteroatoms. The maximum Gasteiger partial charge on any atom is 0.227 e. The predicted octanol–water partition coefficient (Wildman–Crippen LogP) is 2.22. The molecule has 92 valence electrons. The fraction of sp³-hybridized carbons (Fsp3) is 0.462. The zero-order valence-corrected chi connectivity index (χ0v) is 11.0. The average molecular weight is 253 g/mol. The van der Waals surface area contributed by atoms with Crippen molar-refractivity contribution >= 4 is 23.2 Å². The molecule has 1 aliphatic rings. The first-order chi connectivity index (χ1) is 8.11. The van der Waals surface area contributed by atoms with Gasteiger partial charge in [0.1, 0.15) is 0 Å². The molecule has 0 atom stereocenters. The second kappa shape index (κ2) is 5.07. The van der Waals surface area contributed by atoms with Gasteiger partial charge >= 0.3 is 0 Å². The largest absolute Gasteiger partial charge is 0.315 e. The maximum absolute atomic E-state index is 11.6. The van der Waals surface area contributed by atoms with E-state index in [0.717, 1.165) is 18.7 Å². The van der Waals surface area contributed by atoms with Gasteiger partial charge in [0.05, 0.1) is 6.00 Å². The minimum absolute atomic E-state index is 0.197. The Morgan fingerprint density at radius 3 is 2.88 bits per heavy atom. The van der Waals surface area contributed by atoms with Gasteiger partial charge in [0.2, 0.25) is 5.91 Å². The first-order valence-electron chi connectivity index (χ1n) is 5.74. The maximum atomic E-state index is 11.6. The molecule has 0 aliphatic carbocycles. The molecule has 0 aromatic heterocycles. The third-order valence-corrected chi connectivity index (χ3v) is 3.55. The molecule has 0 saturated heterocycles. The highest BCUT2D eigenvalue weighted by Gasteiger charge is 2.20. The van der Waals surface area contributed by atoms with Crippen molar-refractivity contribution in [3.05, 3.63) is 29.3 Å². The van der Waals surface area contributed by atoms with Gasteiger partial charge in [-0.15, -0.1) is 11.6 Å². The summed E-state index contributed by atoms with van der Waals surface area (Å²) < 4.78 is 0. The Labute approximate surface area is 107 Å². The van der Waals surface area contributed by atoms with Crippen molar-refractivity contribution in [3.63, 3.8) is 0 Å². The van der Waals surface area contributed by atoms with Gasteiger partial charge in [-0.25, -0.2) is 0 Å². The molecule has 1 aromatic carbocycles. The van der Waals surface area contributed by atoms with E-state index in [0.29, 0.717) is 12.4 Å². The van der Waals surface area contributed by atoms with Gasteiger partial charge in [-0.1, -0.05) is 12.1 Å². The predicted molar refractivity (Wildman–Crippen MR) is 70.4 cm³/mol. The molecule has 0 fully saturated rings. The third-order valence-electron chi connectivity index (χ3n) is 3.14. The molecule has 1 aromatic rings. The Morgan fingerprint density at radius 1 is 1.41 bits per heavy atom. The van der Waals surface area contributed by atoms with E-state index in [1.165, 1.54) is 11.1 Å². The number of hydrogen-bond acceptors (Lipinski definition) is 2. The third kappa shape index (κ3) is 2.61. The van der Waals surface area contributed by atoms with Crippen LogP contribution in [0.5, 0.6) is 0 Å². The van der Waals surface area contributed by atoms with Crippen LogP contribution >= 0.6 is 11.6 Å². The number of rotatable bonds is 3. The molecule has 1 aliphatic heterocycles. The molecule has 0 unspecified atom stereocenters. The minimum atomic E-state index is 0.197. The molecule has 2 rings (SSSR count). The van der Waals surface area contributed by atoms with E-state index in [4.69, 9.17) is 11.6 Å². The molecule has 1 heterocycles. The quantitative estimate of drug-likeness (QED) is 0.608. The van der Waals surface area contributed by atoms with E-state index >= 15 is 0 Å². The summed E-state index contributed by atoms with van der Waals surface area (Å²) in [5, 5.41) is 0. The average Bonchev–Trinajstić information content (AvgIpc) is 2.34. The molecule has 0 bridgehead atoms. The van der Waals surface area contributed by atoms with E-state index in [2.05, 4.69) is 12.1 Å². The first-order valence-corrected chi connectivity index (χ1v) is 6.28. The standard InChI is InChI=1S/C13H17ClN2O/c1-15(9-14)8-10-3-5-12-11(7-10)4-6-13(17)16(12)2/h3,5,7H,4,6,8-9H2,1-2H3. The molecule has 0 spiro atoms. The van der Waals surface area contributed by atoms with E-state index in [-0.39, 0.29) is 5.91 Å². The second-order valence-corrected chi connectivity index (χ2v) is 4.79. The van der Waals surface area contributed by atoms with Gasteiger partial charge in [0, 0.05) is 25.7 Å². The van der Waals surface area contributed by atoms with Crippen LogP contribution in [-0.2, 0) is 17.8 Å². The Bertz CT molecular complexity index is 433. The van der Waals surface area contributed by atoms with Crippen molar-refractivity contribution in [2.24, 2.45) is 0 Å². The van der Waals surface area contributed by atoms with Crippen molar-refractivity contribution < 1.29 is 4.79 Å². The van der Waals surface area contributed by atoms with Crippen LogP contribution in [0.3, 0.4) is 0 Å². The van der Waals surface area contributed by atoms with Crippen molar-refractivity contribution in [1.29, 1.82) is 0 Å². The fourth-order valence-corrected chi connectivity index (χ4v) is 2.25. The number of aryl methyl sites for hydroxylation is 1. The SMILES string of the molecule is CN(CCl)Cc1ccc2c(c1)CCC(=O)N2C. The van der Waals surface area contributed by atoms with Gasteiger partial charge in [0.15, 0.2) is 0 Å².